The minimum absolute atomic E-state index is 0.108. The molecule has 0 aromatic carbocycles. The molecule has 0 radical (unpaired) electrons. The van der Waals surface area contributed by atoms with Crippen molar-refractivity contribution in [3.05, 3.63) is 52.4 Å². The van der Waals surface area contributed by atoms with E-state index in [4.69, 9.17) is 0 Å². The molecule has 0 unspecified atom stereocenters. The molecule has 1 fully saturated rings. The van der Waals surface area contributed by atoms with Crippen LogP contribution in [0.2, 0.25) is 0 Å². The van der Waals surface area contributed by atoms with E-state index in [1.54, 1.807) is 36.7 Å². The third kappa shape index (κ3) is 3.71. The number of hydrogen-bond acceptors (Lipinski definition) is 5. The predicted octanol–water partition coefficient (Wildman–Crippen LogP) is 2.51. The van der Waals surface area contributed by atoms with Crippen LogP contribution >= 0.6 is 15.9 Å². The molecule has 0 aliphatic carbocycles. The fourth-order valence-electron chi connectivity index (χ4n) is 2.76. The summed E-state index contributed by atoms with van der Waals surface area (Å²) in [7, 11) is 0. The average Bonchev–Trinajstić information content (AvgIpc) is 2.63. The fourth-order valence-corrected chi connectivity index (χ4v) is 3.09. The molecule has 2 aromatic heterocycles. The van der Waals surface area contributed by atoms with E-state index < -0.39 is 0 Å². The van der Waals surface area contributed by atoms with Crippen LogP contribution in [0.25, 0.3) is 0 Å². The Balaban J connectivity index is 1.60. The zero-order valence-corrected chi connectivity index (χ0v) is 14.5. The van der Waals surface area contributed by atoms with Crippen molar-refractivity contribution in [2.45, 2.75) is 18.9 Å². The van der Waals surface area contributed by atoms with Crippen LogP contribution in [0.5, 0.6) is 0 Å². The molecular formula is C17H16BrN5O. The summed E-state index contributed by atoms with van der Waals surface area (Å²) in [6.07, 6.45) is 4.92. The number of amides is 1. The molecule has 1 N–H and O–H groups in total. The second kappa shape index (κ2) is 7.41. The maximum atomic E-state index is 12.2. The lowest BCUT2D eigenvalue weighted by atomic mass is 10.0. The van der Waals surface area contributed by atoms with Gasteiger partial charge >= 0.3 is 0 Å². The Morgan fingerprint density at radius 2 is 2.12 bits per heavy atom. The zero-order chi connectivity index (χ0) is 16.9. The Hall–Kier alpha value is -2.46. The maximum absolute atomic E-state index is 12.2. The highest BCUT2D eigenvalue weighted by atomic mass is 79.9. The molecule has 3 heterocycles. The van der Waals surface area contributed by atoms with Crippen molar-refractivity contribution in [1.82, 2.24) is 15.3 Å². The Labute approximate surface area is 148 Å². The predicted molar refractivity (Wildman–Crippen MR) is 93.6 cm³/mol. The Morgan fingerprint density at radius 3 is 2.79 bits per heavy atom. The van der Waals surface area contributed by atoms with Crippen molar-refractivity contribution >= 4 is 27.7 Å². The third-order valence-corrected chi connectivity index (χ3v) is 4.41. The summed E-state index contributed by atoms with van der Waals surface area (Å²) < 4.78 is 0.792. The van der Waals surface area contributed by atoms with E-state index in [2.05, 4.69) is 42.2 Å². The van der Waals surface area contributed by atoms with E-state index in [-0.39, 0.29) is 11.9 Å². The first-order valence-corrected chi connectivity index (χ1v) is 8.49. The number of carbonyl (C=O) groups is 1. The molecule has 1 aliphatic rings. The molecule has 0 atom stereocenters. The SMILES string of the molecule is N#Cc1cc(Br)cnc1N1CCC(NC(=O)c2ccccn2)CC1. The van der Waals surface area contributed by atoms with Crippen molar-refractivity contribution in [2.75, 3.05) is 18.0 Å². The van der Waals surface area contributed by atoms with Gasteiger partial charge in [0.15, 0.2) is 0 Å². The first-order chi connectivity index (χ1) is 11.7. The van der Waals surface area contributed by atoms with Gasteiger partial charge in [-0.15, -0.1) is 0 Å². The van der Waals surface area contributed by atoms with Gasteiger partial charge in [0.1, 0.15) is 17.6 Å². The molecule has 1 saturated heterocycles. The van der Waals surface area contributed by atoms with Gasteiger partial charge in [-0.25, -0.2) is 4.98 Å². The van der Waals surface area contributed by atoms with Crippen molar-refractivity contribution in [2.24, 2.45) is 0 Å². The van der Waals surface area contributed by atoms with Crippen LogP contribution in [0, 0.1) is 11.3 Å². The van der Waals surface area contributed by atoms with Crippen LogP contribution in [-0.2, 0) is 0 Å². The minimum Gasteiger partial charge on any atom is -0.355 e. The van der Waals surface area contributed by atoms with Crippen molar-refractivity contribution in [1.29, 1.82) is 5.26 Å². The molecule has 122 valence electrons. The normalized spacial score (nSPS) is 14.9. The maximum Gasteiger partial charge on any atom is 0.270 e. The number of hydrogen-bond donors (Lipinski definition) is 1. The smallest absolute Gasteiger partial charge is 0.270 e. The van der Waals surface area contributed by atoms with Gasteiger partial charge in [0.2, 0.25) is 0 Å². The van der Waals surface area contributed by atoms with Crippen molar-refractivity contribution in [3.8, 4) is 6.07 Å². The van der Waals surface area contributed by atoms with Gasteiger partial charge in [-0.05, 0) is 47.0 Å². The molecule has 2 aromatic rings. The molecule has 7 heteroatoms. The molecule has 6 nitrogen and oxygen atoms in total. The molecule has 0 spiro atoms. The van der Waals surface area contributed by atoms with E-state index >= 15 is 0 Å². The lowest BCUT2D eigenvalue weighted by molar-refractivity contribution is 0.0926. The highest BCUT2D eigenvalue weighted by Gasteiger charge is 2.23. The first-order valence-electron chi connectivity index (χ1n) is 7.70. The number of aromatic nitrogens is 2. The molecule has 3 rings (SSSR count). The summed E-state index contributed by atoms with van der Waals surface area (Å²) in [4.78, 5) is 22.7. The number of nitriles is 1. The van der Waals surface area contributed by atoms with Crippen LogP contribution < -0.4 is 10.2 Å². The zero-order valence-electron chi connectivity index (χ0n) is 12.9. The fraction of sp³-hybridized carbons (Fsp3) is 0.294. The summed E-state index contributed by atoms with van der Waals surface area (Å²) in [6, 6.07) is 9.36. The molecule has 24 heavy (non-hydrogen) atoms. The molecule has 0 saturated carbocycles. The number of rotatable bonds is 3. The van der Waals surface area contributed by atoms with E-state index in [1.807, 2.05) is 0 Å². The van der Waals surface area contributed by atoms with Gasteiger partial charge in [0.25, 0.3) is 5.91 Å². The lowest BCUT2D eigenvalue weighted by Crippen LogP contribution is -2.45. The second-order valence-electron chi connectivity index (χ2n) is 5.59. The van der Waals surface area contributed by atoms with Gasteiger partial charge < -0.3 is 10.2 Å². The summed E-state index contributed by atoms with van der Waals surface area (Å²) in [5, 5.41) is 12.3. The van der Waals surface area contributed by atoms with Gasteiger partial charge in [-0.2, -0.15) is 5.26 Å². The number of pyridine rings is 2. The van der Waals surface area contributed by atoms with Crippen LogP contribution in [0.1, 0.15) is 28.9 Å². The summed E-state index contributed by atoms with van der Waals surface area (Å²) in [5.41, 5.74) is 0.988. The third-order valence-electron chi connectivity index (χ3n) is 3.98. The Morgan fingerprint density at radius 1 is 1.33 bits per heavy atom. The highest BCUT2D eigenvalue weighted by Crippen LogP contribution is 2.24. The van der Waals surface area contributed by atoms with Crippen LogP contribution in [-0.4, -0.2) is 35.0 Å². The van der Waals surface area contributed by atoms with Crippen LogP contribution in [0.4, 0.5) is 5.82 Å². The summed E-state index contributed by atoms with van der Waals surface area (Å²) in [6.45, 7) is 1.49. The number of halogens is 1. The van der Waals surface area contributed by atoms with Gasteiger partial charge in [0.05, 0.1) is 5.56 Å². The number of piperidine rings is 1. The van der Waals surface area contributed by atoms with Crippen LogP contribution in [0.3, 0.4) is 0 Å². The van der Waals surface area contributed by atoms with E-state index in [9.17, 15) is 10.1 Å². The van der Waals surface area contributed by atoms with Crippen molar-refractivity contribution in [3.63, 3.8) is 0 Å². The molecular weight excluding hydrogens is 370 g/mol. The lowest BCUT2D eigenvalue weighted by Gasteiger charge is -2.33. The summed E-state index contributed by atoms with van der Waals surface area (Å²) in [5.74, 6) is 0.559. The number of nitrogens with zero attached hydrogens (tertiary/aromatic N) is 4. The Bertz CT molecular complexity index is 766. The average molecular weight is 386 g/mol. The quantitative estimate of drug-likeness (QED) is 0.877. The van der Waals surface area contributed by atoms with Gasteiger partial charge in [-0.1, -0.05) is 6.07 Å². The van der Waals surface area contributed by atoms with Gasteiger partial charge in [-0.3, -0.25) is 9.78 Å². The standard InChI is InChI=1S/C17H16BrN5O/c18-13-9-12(10-19)16(21-11-13)23-7-4-14(5-8-23)22-17(24)15-3-1-2-6-20-15/h1-3,6,9,11,14H,4-5,7-8H2,(H,22,24). The van der Waals surface area contributed by atoms with Gasteiger partial charge in [0, 0.05) is 36.0 Å². The Kier molecular flexibility index (Phi) is 5.06. The number of nitrogens with one attached hydrogen (secondary N) is 1. The first kappa shape index (κ1) is 16.4. The largest absolute Gasteiger partial charge is 0.355 e. The summed E-state index contributed by atoms with van der Waals surface area (Å²) >= 11 is 3.33. The minimum atomic E-state index is -0.145. The van der Waals surface area contributed by atoms with E-state index in [0.29, 0.717) is 17.1 Å². The molecule has 1 amide bonds. The number of carbonyl (C=O) groups excluding carboxylic acids is 1. The highest BCUT2D eigenvalue weighted by molar-refractivity contribution is 9.10. The van der Waals surface area contributed by atoms with E-state index in [1.165, 1.54) is 0 Å². The van der Waals surface area contributed by atoms with E-state index in [0.717, 1.165) is 30.4 Å². The molecule has 0 bridgehead atoms. The van der Waals surface area contributed by atoms with Crippen LogP contribution in [0.15, 0.2) is 41.1 Å². The topological polar surface area (TPSA) is 81.9 Å². The number of anilines is 1. The molecule has 1 aliphatic heterocycles. The monoisotopic (exact) mass is 385 g/mol. The second-order valence-corrected chi connectivity index (χ2v) is 6.50. The van der Waals surface area contributed by atoms with Crippen molar-refractivity contribution < 1.29 is 4.79 Å².